The Balaban J connectivity index is 1.63. The maximum absolute atomic E-state index is 12.2. The molecule has 4 amide bonds. The molecule has 0 radical (unpaired) electrons. The molecule has 1 aliphatic carbocycles. The monoisotopic (exact) mass is 440 g/mol. The first-order valence-electron chi connectivity index (χ1n) is 9.86. The average Bonchev–Trinajstić information content (AvgIpc) is 3.33. The quantitative estimate of drug-likeness (QED) is 0.268. The molecule has 0 unspecified atom stereocenters. The highest BCUT2D eigenvalue weighted by atomic mass is 16.5. The van der Waals surface area contributed by atoms with Crippen molar-refractivity contribution in [3.63, 3.8) is 0 Å². The third-order valence-corrected chi connectivity index (χ3v) is 4.09. The molecular formula is C22H24N4O6. The van der Waals surface area contributed by atoms with Gasteiger partial charge in [0.15, 0.2) is 0 Å². The second-order valence-electron chi connectivity index (χ2n) is 6.48. The molecule has 2 rings (SSSR count). The van der Waals surface area contributed by atoms with Gasteiger partial charge in [-0.25, -0.2) is 0 Å². The Kier molecular flexibility index (Phi) is 9.42. The molecule has 4 N–H and O–H groups in total. The van der Waals surface area contributed by atoms with Crippen molar-refractivity contribution >= 4 is 35.2 Å². The Hall–Kier alpha value is -4.17. The summed E-state index contributed by atoms with van der Waals surface area (Å²) in [5.41, 5.74) is 5.30. The van der Waals surface area contributed by atoms with E-state index in [0.29, 0.717) is 5.56 Å². The summed E-state index contributed by atoms with van der Waals surface area (Å²) in [6, 6.07) is 6.86. The minimum atomic E-state index is -0.601. The molecule has 0 heterocycles. The molecule has 10 heteroatoms. The average molecular weight is 440 g/mol. The van der Waals surface area contributed by atoms with Crippen molar-refractivity contribution < 1.29 is 28.7 Å². The fourth-order valence-corrected chi connectivity index (χ4v) is 2.50. The fourth-order valence-electron chi connectivity index (χ4n) is 2.50. The number of rotatable bonds is 11. The number of nitrogens with one attached hydrogen (secondary N) is 4. The summed E-state index contributed by atoms with van der Waals surface area (Å²) < 4.78 is 4.65. The van der Waals surface area contributed by atoms with Crippen LogP contribution >= 0.6 is 0 Å². The summed E-state index contributed by atoms with van der Waals surface area (Å²) >= 11 is 0. The van der Waals surface area contributed by atoms with Crippen LogP contribution in [0.1, 0.15) is 22.8 Å². The van der Waals surface area contributed by atoms with Gasteiger partial charge in [-0.05, 0) is 36.8 Å². The zero-order valence-corrected chi connectivity index (χ0v) is 17.5. The zero-order chi connectivity index (χ0) is 23.3. The topological polar surface area (TPSA) is 143 Å². The van der Waals surface area contributed by atoms with Gasteiger partial charge in [-0.1, -0.05) is 18.2 Å². The van der Waals surface area contributed by atoms with E-state index in [-0.39, 0.29) is 32.8 Å². The van der Waals surface area contributed by atoms with E-state index in [4.69, 9.17) is 0 Å². The molecule has 0 bridgehead atoms. The number of ether oxygens (including phenoxy) is 1. The summed E-state index contributed by atoms with van der Waals surface area (Å²) in [6.07, 6.45) is 5.58. The molecule has 32 heavy (non-hydrogen) atoms. The molecule has 0 aromatic heterocycles. The second kappa shape index (κ2) is 12.5. The maximum Gasteiger partial charge on any atom is 0.325 e. The zero-order valence-electron chi connectivity index (χ0n) is 17.5. The molecule has 1 aromatic rings. The van der Waals surface area contributed by atoms with Gasteiger partial charge in [0.05, 0.1) is 26.2 Å². The normalized spacial score (nSPS) is 11.3. The number of carbonyl (C=O) groups is 5. The Labute approximate surface area is 184 Å². The van der Waals surface area contributed by atoms with Crippen LogP contribution in [0.4, 0.5) is 0 Å². The van der Waals surface area contributed by atoms with Gasteiger partial charge in [-0.2, -0.15) is 0 Å². The highest BCUT2D eigenvalue weighted by Crippen LogP contribution is 2.18. The van der Waals surface area contributed by atoms with Gasteiger partial charge in [-0.3, -0.25) is 24.0 Å². The van der Waals surface area contributed by atoms with Crippen LogP contribution in [-0.2, 0) is 23.9 Å². The van der Waals surface area contributed by atoms with Crippen LogP contribution in [-0.4, -0.2) is 62.4 Å². The number of allylic oxidation sites excluding steroid dienone is 3. The lowest BCUT2D eigenvalue weighted by atomic mass is 10.1. The van der Waals surface area contributed by atoms with Crippen molar-refractivity contribution in [2.24, 2.45) is 0 Å². The van der Waals surface area contributed by atoms with E-state index in [9.17, 15) is 24.0 Å². The van der Waals surface area contributed by atoms with E-state index >= 15 is 0 Å². The number of benzene rings is 1. The van der Waals surface area contributed by atoms with Crippen LogP contribution in [0.15, 0.2) is 48.2 Å². The van der Waals surface area contributed by atoms with Crippen LogP contribution < -0.4 is 21.3 Å². The molecular weight excluding hydrogens is 416 g/mol. The van der Waals surface area contributed by atoms with E-state index in [2.05, 4.69) is 31.7 Å². The van der Waals surface area contributed by atoms with Crippen molar-refractivity contribution in [3.8, 4) is 0 Å². The van der Waals surface area contributed by atoms with Gasteiger partial charge in [0, 0.05) is 11.1 Å². The molecule has 0 fully saturated rings. The van der Waals surface area contributed by atoms with Crippen LogP contribution in [0.25, 0.3) is 5.57 Å². The molecule has 1 aromatic carbocycles. The van der Waals surface area contributed by atoms with E-state index in [1.165, 1.54) is 0 Å². The first kappa shape index (κ1) is 24.1. The van der Waals surface area contributed by atoms with Crippen LogP contribution in [0.3, 0.4) is 0 Å². The van der Waals surface area contributed by atoms with Gasteiger partial charge < -0.3 is 26.0 Å². The van der Waals surface area contributed by atoms with E-state index in [1.54, 1.807) is 37.3 Å². The van der Waals surface area contributed by atoms with Crippen LogP contribution in [0.5, 0.6) is 0 Å². The second-order valence-corrected chi connectivity index (χ2v) is 6.48. The molecule has 10 nitrogen and oxygen atoms in total. The van der Waals surface area contributed by atoms with E-state index < -0.39 is 29.6 Å². The lowest BCUT2D eigenvalue weighted by molar-refractivity contribution is -0.143. The molecule has 0 atom stereocenters. The minimum Gasteiger partial charge on any atom is -0.465 e. The van der Waals surface area contributed by atoms with Crippen LogP contribution in [0.2, 0.25) is 0 Å². The Bertz CT molecular complexity index is 975. The van der Waals surface area contributed by atoms with Crippen molar-refractivity contribution in [1.82, 2.24) is 21.3 Å². The van der Waals surface area contributed by atoms with Crippen molar-refractivity contribution in [2.75, 3.05) is 32.8 Å². The molecule has 168 valence electrons. The summed E-state index contributed by atoms with van der Waals surface area (Å²) in [5, 5.41) is 9.37. The van der Waals surface area contributed by atoms with Crippen molar-refractivity contribution in [2.45, 2.75) is 6.92 Å². The van der Waals surface area contributed by atoms with Gasteiger partial charge in [0.2, 0.25) is 17.7 Å². The van der Waals surface area contributed by atoms with Gasteiger partial charge in [-0.15, -0.1) is 5.73 Å². The summed E-state index contributed by atoms with van der Waals surface area (Å²) in [5.74, 6) is -2.76. The molecule has 1 aliphatic rings. The van der Waals surface area contributed by atoms with Crippen molar-refractivity contribution in [1.29, 1.82) is 0 Å². The molecule has 0 saturated heterocycles. The SMILES string of the molecule is CCOC(=O)CNC(=O)CNC(=O)CNC(=O)CNC(=O)c1ccc(C2=C=CC=C2)cc1. The van der Waals surface area contributed by atoms with Gasteiger partial charge in [0.25, 0.3) is 5.91 Å². The van der Waals surface area contributed by atoms with Gasteiger partial charge >= 0.3 is 5.97 Å². The third kappa shape index (κ3) is 8.29. The van der Waals surface area contributed by atoms with E-state index in [1.807, 2.05) is 12.2 Å². The highest BCUT2D eigenvalue weighted by Gasteiger charge is 2.11. The summed E-state index contributed by atoms with van der Waals surface area (Å²) in [7, 11) is 0. The highest BCUT2D eigenvalue weighted by molar-refractivity contribution is 5.97. The number of carbonyl (C=O) groups excluding carboxylic acids is 5. The molecule has 0 aliphatic heterocycles. The Morgan fingerprint density at radius 3 is 1.91 bits per heavy atom. The first-order valence-corrected chi connectivity index (χ1v) is 9.86. The standard InChI is InChI=1S/C22H24N4O6/c1-2-32-21(30)14-25-19(28)12-23-18(27)11-24-20(29)13-26-22(31)17-9-7-16(8-10-17)15-5-3-4-6-15/h3-5,7-10H,2,11-14H2,1H3,(H,23,27)(H,24,29)(H,25,28)(H,26,31). The summed E-state index contributed by atoms with van der Waals surface area (Å²) in [6.45, 7) is 0.500. The first-order chi connectivity index (χ1) is 15.4. The lowest BCUT2D eigenvalue weighted by Crippen LogP contribution is -2.45. The smallest absolute Gasteiger partial charge is 0.325 e. The van der Waals surface area contributed by atoms with Crippen LogP contribution in [0, 0.1) is 0 Å². The van der Waals surface area contributed by atoms with Gasteiger partial charge in [0.1, 0.15) is 6.54 Å². The lowest BCUT2D eigenvalue weighted by Gasteiger charge is -2.09. The third-order valence-electron chi connectivity index (χ3n) is 4.09. The predicted octanol–water partition coefficient (Wildman–Crippen LogP) is -0.564. The molecule has 0 saturated carbocycles. The predicted molar refractivity (Wildman–Crippen MR) is 115 cm³/mol. The molecule has 0 spiro atoms. The van der Waals surface area contributed by atoms with Crippen molar-refractivity contribution in [3.05, 3.63) is 59.4 Å². The maximum atomic E-state index is 12.2. The fraction of sp³-hybridized carbons (Fsp3) is 0.273. The Morgan fingerprint density at radius 1 is 0.812 bits per heavy atom. The number of amides is 4. The number of hydrogen-bond donors (Lipinski definition) is 4. The minimum absolute atomic E-state index is 0.200. The summed E-state index contributed by atoms with van der Waals surface area (Å²) in [4.78, 5) is 58.3. The largest absolute Gasteiger partial charge is 0.465 e. The number of esters is 1. The number of hydrogen-bond acceptors (Lipinski definition) is 6. The van der Waals surface area contributed by atoms with E-state index in [0.717, 1.165) is 11.1 Å². The Morgan fingerprint density at radius 2 is 1.38 bits per heavy atom.